The zero-order valence-corrected chi connectivity index (χ0v) is 11.6. The second kappa shape index (κ2) is 4.64. The van der Waals surface area contributed by atoms with Crippen molar-refractivity contribution in [3.05, 3.63) is 54.9 Å². The SMILES string of the molecule is CS(=O)(=O)Nc1ccccc1-c1cccc2nccn12. The Labute approximate surface area is 117 Å². The number of benzene rings is 1. The minimum atomic E-state index is -3.32. The molecule has 0 fully saturated rings. The van der Waals surface area contributed by atoms with E-state index in [4.69, 9.17) is 0 Å². The monoisotopic (exact) mass is 287 g/mol. The van der Waals surface area contributed by atoms with Crippen LogP contribution in [-0.4, -0.2) is 24.1 Å². The second-order valence-electron chi connectivity index (χ2n) is 4.49. The van der Waals surface area contributed by atoms with Gasteiger partial charge in [-0.3, -0.25) is 9.12 Å². The molecule has 3 aromatic rings. The number of pyridine rings is 1. The molecule has 20 heavy (non-hydrogen) atoms. The van der Waals surface area contributed by atoms with Crippen molar-refractivity contribution >= 4 is 21.4 Å². The minimum absolute atomic E-state index is 0.552. The summed E-state index contributed by atoms with van der Waals surface area (Å²) in [6.45, 7) is 0. The highest BCUT2D eigenvalue weighted by atomic mass is 32.2. The Morgan fingerprint density at radius 1 is 1.10 bits per heavy atom. The average Bonchev–Trinajstić information content (AvgIpc) is 2.85. The molecule has 5 nitrogen and oxygen atoms in total. The molecule has 102 valence electrons. The zero-order chi connectivity index (χ0) is 14.2. The molecule has 0 spiro atoms. The maximum absolute atomic E-state index is 11.5. The molecule has 0 bridgehead atoms. The van der Waals surface area contributed by atoms with Gasteiger partial charge in [0.05, 0.1) is 17.6 Å². The maximum atomic E-state index is 11.5. The van der Waals surface area contributed by atoms with Crippen molar-refractivity contribution in [1.82, 2.24) is 9.38 Å². The van der Waals surface area contributed by atoms with E-state index in [-0.39, 0.29) is 0 Å². The van der Waals surface area contributed by atoms with Gasteiger partial charge in [-0.1, -0.05) is 24.3 Å². The van der Waals surface area contributed by atoms with Crippen molar-refractivity contribution in [3.63, 3.8) is 0 Å². The number of rotatable bonds is 3. The molecule has 0 aliphatic carbocycles. The molecule has 1 N–H and O–H groups in total. The number of fused-ring (bicyclic) bond motifs is 1. The van der Waals surface area contributed by atoms with Gasteiger partial charge in [-0.25, -0.2) is 13.4 Å². The molecule has 0 radical (unpaired) electrons. The summed E-state index contributed by atoms with van der Waals surface area (Å²) in [5.74, 6) is 0. The van der Waals surface area contributed by atoms with Crippen LogP contribution in [0.4, 0.5) is 5.69 Å². The molecule has 3 rings (SSSR count). The number of imidazole rings is 1. The first-order valence-electron chi connectivity index (χ1n) is 6.04. The van der Waals surface area contributed by atoms with Crippen LogP contribution < -0.4 is 4.72 Å². The van der Waals surface area contributed by atoms with E-state index in [1.165, 1.54) is 0 Å². The standard InChI is InChI=1S/C14H13N3O2S/c1-20(18,19)16-12-6-3-2-5-11(12)13-7-4-8-14-15-9-10-17(13)14/h2-10,16H,1H3. The van der Waals surface area contributed by atoms with E-state index in [0.29, 0.717) is 5.69 Å². The minimum Gasteiger partial charge on any atom is -0.300 e. The molecule has 0 aliphatic rings. The molecule has 0 aliphatic heterocycles. The lowest BCUT2D eigenvalue weighted by atomic mass is 10.1. The number of hydrogen-bond donors (Lipinski definition) is 1. The smallest absolute Gasteiger partial charge is 0.229 e. The van der Waals surface area contributed by atoms with Crippen LogP contribution in [0.3, 0.4) is 0 Å². The summed E-state index contributed by atoms with van der Waals surface area (Å²) in [7, 11) is -3.32. The van der Waals surface area contributed by atoms with Gasteiger partial charge in [0.1, 0.15) is 5.65 Å². The fraction of sp³-hybridized carbons (Fsp3) is 0.0714. The van der Waals surface area contributed by atoms with E-state index in [1.807, 2.05) is 40.9 Å². The van der Waals surface area contributed by atoms with Crippen molar-refractivity contribution in [2.45, 2.75) is 0 Å². The molecule has 2 heterocycles. The normalized spacial score (nSPS) is 11.7. The molecular weight excluding hydrogens is 274 g/mol. The van der Waals surface area contributed by atoms with Crippen molar-refractivity contribution < 1.29 is 8.42 Å². The number of anilines is 1. The molecule has 0 atom stereocenters. The first kappa shape index (κ1) is 12.7. The van der Waals surface area contributed by atoms with Crippen LogP contribution in [0.15, 0.2) is 54.9 Å². The fourth-order valence-electron chi connectivity index (χ4n) is 2.16. The Morgan fingerprint density at radius 3 is 2.70 bits per heavy atom. The summed E-state index contributed by atoms with van der Waals surface area (Å²) in [5.41, 5.74) is 3.06. The average molecular weight is 287 g/mol. The summed E-state index contributed by atoms with van der Waals surface area (Å²) in [6.07, 6.45) is 4.70. The Morgan fingerprint density at radius 2 is 1.90 bits per heavy atom. The van der Waals surface area contributed by atoms with E-state index in [2.05, 4.69) is 9.71 Å². The third-order valence-electron chi connectivity index (χ3n) is 2.93. The molecule has 6 heteroatoms. The van der Waals surface area contributed by atoms with Crippen molar-refractivity contribution in [3.8, 4) is 11.3 Å². The Hall–Kier alpha value is -2.34. The molecular formula is C14H13N3O2S. The number of para-hydroxylation sites is 1. The predicted octanol–water partition coefficient (Wildman–Crippen LogP) is 2.37. The van der Waals surface area contributed by atoms with E-state index >= 15 is 0 Å². The molecule has 0 unspecified atom stereocenters. The summed E-state index contributed by atoms with van der Waals surface area (Å²) in [4.78, 5) is 4.23. The predicted molar refractivity (Wildman–Crippen MR) is 79.1 cm³/mol. The summed E-state index contributed by atoms with van der Waals surface area (Å²) >= 11 is 0. The van der Waals surface area contributed by atoms with Crippen LogP contribution in [-0.2, 0) is 10.0 Å². The number of hydrogen-bond acceptors (Lipinski definition) is 3. The van der Waals surface area contributed by atoms with Crippen LogP contribution in [0, 0.1) is 0 Å². The molecule has 2 aromatic heterocycles. The highest BCUT2D eigenvalue weighted by Gasteiger charge is 2.11. The number of sulfonamides is 1. The van der Waals surface area contributed by atoms with Crippen molar-refractivity contribution in [2.24, 2.45) is 0 Å². The molecule has 0 amide bonds. The van der Waals surface area contributed by atoms with Gasteiger partial charge in [0.15, 0.2) is 0 Å². The van der Waals surface area contributed by atoms with Crippen LogP contribution in [0.1, 0.15) is 0 Å². The van der Waals surface area contributed by atoms with E-state index in [9.17, 15) is 8.42 Å². The Kier molecular flexibility index (Phi) is 2.94. The quantitative estimate of drug-likeness (QED) is 0.804. The van der Waals surface area contributed by atoms with Crippen molar-refractivity contribution in [1.29, 1.82) is 0 Å². The summed E-state index contributed by atoms with van der Waals surface area (Å²) in [5, 5.41) is 0. The lowest BCUT2D eigenvalue weighted by Crippen LogP contribution is -2.10. The second-order valence-corrected chi connectivity index (χ2v) is 6.23. The maximum Gasteiger partial charge on any atom is 0.229 e. The topological polar surface area (TPSA) is 63.5 Å². The van der Waals surface area contributed by atoms with Gasteiger partial charge >= 0.3 is 0 Å². The third kappa shape index (κ3) is 2.37. The Bertz CT molecular complexity index is 869. The lowest BCUT2D eigenvalue weighted by Gasteiger charge is -2.12. The fourth-order valence-corrected chi connectivity index (χ4v) is 2.74. The van der Waals surface area contributed by atoms with E-state index in [0.717, 1.165) is 23.2 Å². The number of nitrogens with one attached hydrogen (secondary N) is 1. The largest absolute Gasteiger partial charge is 0.300 e. The number of nitrogens with zero attached hydrogens (tertiary/aromatic N) is 2. The van der Waals surface area contributed by atoms with Gasteiger partial charge in [0.2, 0.25) is 10.0 Å². The van der Waals surface area contributed by atoms with Gasteiger partial charge in [-0.05, 0) is 18.2 Å². The first-order chi connectivity index (χ1) is 9.54. The van der Waals surface area contributed by atoms with Gasteiger partial charge < -0.3 is 0 Å². The third-order valence-corrected chi connectivity index (χ3v) is 3.52. The summed E-state index contributed by atoms with van der Waals surface area (Å²) in [6, 6.07) is 13.0. The van der Waals surface area contributed by atoms with Crippen LogP contribution in [0.2, 0.25) is 0 Å². The van der Waals surface area contributed by atoms with Gasteiger partial charge in [0.25, 0.3) is 0 Å². The zero-order valence-electron chi connectivity index (χ0n) is 10.8. The molecule has 0 saturated heterocycles. The van der Waals surface area contributed by atoms with E-state index in [1.54, 1.807) is 18.3 Å². The van der Waals surface area contributed by atoms with Gasteiger partial charge in [0, 0.05) is 18.0 Å². The summed E-state index contributed by atoms with van der Waals surface area (Å²) < 4.78 is 27.4. The van der Waals surface area contributed by atoms with Gasteiger partial charge in [-0.15, -0.1) is 0 Å². The van der Waals surface area contributed by atoms with Crippen molar-refractivity contribution in [2.75, 3.05) is 11.0 Å². The van der Waals surface area contributed by atoms with E-state index < -0.39 is 10.0 Å². The molecule has 1 aromatic carbocycles. The lowest BCUT2D eigenvalue weighted by molar-refractivity contribution is 0.607. The van der Waals surface area contributed by atoms with Crippen LogP contribution in [0.25, 0.3) is 16.9 Å². The van der Waals surface area contributed by atoms with Crippen LogP contribution in [0.5, 0.6) is 0 Å². The highest BCUT2D eigenvalue weighted by molar-refractivity contribution is 7.92. The van der Waals surface area contributed by atoms with Gasteiger partial charge in [-0.2, -0.15) is 0 Å². The molecule has 0 saturated carbocycles. The van der Waals surface area contributed by atoms with Crippen LogP contribution >= 0.6 is 0 Å². The first-order valence-corrected chi connectivity index (χ1v) is 7.93. The highest BCUT2D eigenvalue weighted by Crippen LogP contribution is 2.28. The number of aromatic nitrogens is 2. The Balaban J connectivity index is 2.22.